The van der Waals surface area contributed by atoms with Crippen LogP contribution in [0.25, 0.3) is 0 Å². The van der Waals surface area contributed by atoms with Gasteiger partial charge in [0.15, 0.2) is 0 Å². The maximum absolute atomic E-state index is 11.9. The highest BCUT2D eigenvalue weighted by Gasteiger charge is 2.07. The minimum atomic E-state index is -0.104. The topological polar surface area (TPSA) is 54.9 Å². The molecule has 86 valence electrons. The number of nitrogens with one attached hydrogen (secondary N) is 1. The predicted molar refractivity (Wildman–Crippen MR) is 64.4 cm³/mol. The zero-order chi connectivity index (χ0) is 12.1. The van der Waals surface area contributed by atoms with Gasteiger partial charge in [-0.05, 0) is 36.2 Å². The number of carbonyl (C=O) groups is 1. The second kappa shape index (κ2) is 5.21. The van der Waals surface area contributed by atoms with Gasteiger partial charge < -0.3 is 5.32 Å². The van der Waals surface area contributed by atoms with Crippen LogP contribution in [0.1, 0.15) is 21.5 Å². The van der Waals surface area contributed by atoms with Crippen LogP contribution in [0.4, 0.5) is 0 Å². The Balaban J connectivity index is 2.01. The van der Waals surface area contributed by atoms with Crippen LogP contribution >= 0.6 is 0 Å². The molecule has 0 aliphatic heterocycles. The molecular weight excluding hydrogens is 214 g/mol. The first-order valence-electron chi connectivity index (χ1n) is 5.35. The molecule has 0 saturated carbocycles. The maximum atomic E-state index is 11.9. The normalized spacial score (nSPS) is 9.94. The lowest BCUT2D eigenvalue weighted by Gasteiger charge is -2.06. The van der Waals surface area contributed by atoms with Crippen LogP contribution in [0.15, 0.2) is 43.0 Å². The lowest BCUT2D eigenvalue weighted by molar-refractivity contribution is 0.0950. The van der Waals surface area contributed by atoms with Gasteiger partial charge in [0.1, 0.15) is 0 Å². The summed E-state index contributed by atoms with van der Waals surface area (Å²) in [5.74, 6) is -0.104. The zero-order valence-electron chi connectivity index (χ0n) is 9.55. The van der Waals surface area contributed by atoms with Crippen molar-refractivity contribution in [3.63, 3.8) is 0 Å². The third-order valence-corrected chi connectivity index (χ3v) is 2.49. The zero-order valence-corrected chi connectivity index (χ0v) is 9.55. The van der Waals surface area contributed by atoms with Gasteiger partial charge in [0.05, 0.1) is 5.56 Å². The molecule has 0 atom stereocenters. The van der Waals surface area contributed by atoms with Gasteiger partial charge in [0.25, 0.3) is 5.91 Å². The Bertz CT molecular complexity index is 511. The van der Waals surface area contributed by atoms with E-state index in [0.717, 1.165) is 11.1 Å². The molecule has 2 aromatic heterocycles. The van der Waals surface area contributed by atoms with Crippen LogP contribution < -0.4 is 5.32 Å². The number of hydrogen-bond donors (Lipinski definition) is 1. The van der Waals surface area contributed by atoms with Crippen molar-refractivity contribution in [2.75, 3.05) is 0 Å². The first-order valence-corrected chi connectivity index (χ1v) is 5.35. The number of nitrogens with zero attached hydrogens (tertiary/aromatic N) is 2. The van der Waals surface area contributed by atoms with E-state index in [4.69, 9.17) is 0 Å². The van der Waals surface area contributed by atoms with E-state index in [9.17, 15) is 4.79 Å². The minimum absolute atomic E-state index is 0.104. The van der Waals surface area contributed by atoms with Crippen LogP contribution in [0.5, 0.6) is 0 Å². The van der Waals surface area contributed by atoms with Gasteiger partial charge in [0, 0.05) is 31.3 Å². The van der Waals surface area contributed by atoms with Crippen molar-refractivity contribution in [3.05, 3.63) is 59.7 Å². The SMILES string of the molecule is Cc1ccncc1C(=O)NCc1ccncc1. The first-order chi connectivity index (χ1) is 8.27. The molecule has 0 unspecified atom stereocenters. The average Bonchev–Trinajstić information content (AvgIpc) is 2.38. The van der Waals surface area contributed by atoms with E-state index in [1.54, 1.807) is 24.8 Å². The van der Waals surface area contributed by atoms with Gasteiger partial charge in [-0.3, -0.25) is 14.8 Å². The molecule has 4 nitrogen and oxygen atoms in total. The van der Waals surface area contributed by atoms with Crippen molar-refractivity contribution in [2.45, 2.75) is 13.5 Å². The lowest BCUT2D eigenvalue weighted by atomic mass is 10.1. The summed E-state index contributed by atoms with van der Waals surface area (Å²) in [6.45, 7) is 2.39. The van der Waals surface area contributed by atoms with Crippen molar-refractivity contribution in [2.24, 2.45) is 0 Å². The lowest BCUT2D eigenvalue weighted by Crippen LogP contribution is -2.23. The van der Waals surface area contributed by atoms with E-state index < -0.39 is 0 Å². The van der Waals surface area contributed by atoms with E-state index in [1.807, 2.05) is 25.1 Å². The maximum Gasteiger partial charge on any atom is 0.253 e. The molecule has 0 aliphatic carbocycles. The van der Waals surface area contributed by atoms with Crippen LogP contribution in [0.2, 0.25) is 0 Å². The smallest absolute Gasteiger partial charge is 0.253 e. The largest absolute Gasteiger partial charge is 0.348 e. The molecule has 0 fully saturated rings. The first kappa shape index (κ1) is 11.3. The summed E-state index contributed by atoms with van der Waals surface area (Å²) in [5.41, 5.74) is 2.56. The van der Waals surface area contributed by atoms with Crippen LogP contribution in [0, 0.1) is 6.92 Å². The van der Waals surface area contributed by atoms with Crippen molar-refractivity contribution in [3.8, 4) is 0 Å². The van der Waals surface area contributed by atoms with E-state index >= 15 is 0 Å². The highest BCUT2D eigenvalue weighted by molar-refractivity contribution is 5.95. The Morgan fingerprint density at radius 3 is 2.59 bits per heavy atom. The van der Waals surface area contributed by atoms with Crippen LogP contribution in [0.3, 0.4) is 0 Å². The molecule has 0 radical (unpaired) electrons. The molecule has 0 aliphatic rings. The number of rotatable bonds is 3. The highest BCUT2D eigenvalue weighted by Crippen LogP contribution is 2.05. The predicted octanol–water partition coefficient (Wildman–Crippen LogP) is 1.72. The highest BCUT2D eigenvalue weighted by atomic mass is 16.1. The molecule has 4 heteroatoms. The quantitative estimate of drug-likeness (QED) is 0.868. The molecule has 2 rings (SSSR count). The Morgan fingerprint density at radius 2 is 1.88 bits per heavy atom. The molecule has 0 saturated heterocycles. The fraction of sp³-hybridized carbons (Fsp3) is 0.154. The minimum Gasteiger partial charge on any atom is -0.348 e. The summed E-state index contributed by atoms with van der Waals surface area (Å²) in [6.07, 6.45) is 6.67. The Labute approximate surface area is 99.7 Å². The van der Waals surface area contributed by atoms with Crippen molar-refractivity contribution in [1.29, 1.82) is 0 Å². The van der Waals surface area contributed by atoms with Gasteiger partial charge >= 0.3 is 0 Å². The van der Waals surface area contributed by atoms with Gasteiger partial charge in [-0.1, -0.05) is 0 Å². The average molecular weight is 227 g/mol. The summed E-state index contributed by atoms with van der Waals surface area (Å²) in [4.78, 5) is 19.7. The summed E-state index contributed by atoms with van der Waals surface area (Å²) >= 11 is 0. The monoisotopic (exact) mass is 227 g/mol. The number of carbonyl (C=O) groups excluding carboxylic acids is 1. The van der Waals surface area contributed by atoms with Crippen LogP contribution in [-0.2, 0) is 6.54 Å². The molecule has 1 N–H and O–H groups in total. The number of aromatic nitrogens is 2. The number of aryl methyl sites for hydroxylation is 1. The summed E-state index contributed by atoms with van der Waals surface area (Å²) in [5, 5.41) is 2.85. The Morgan fingerprint density at radius 1 is 1.18 bits per heavy atom. The third-order valence-electron chi connectivity index (χ3n) is 2.49. The Hall–Kier alpha value is -2.23. The molecular formula is C13H13N3O. The van der Waals surface area contributed by atoms with E-state index in [1.165, 1.54) is 0 Å². The molecule has 2 heterocycles. The molecule has 1 amide bonds. The molecule has 0 aromatic carbocycles. The summed E-state index contributed by atoms with van der Waals surface area (Å²) in [7, 11) is 0. The van der Waals surface area contributed by atoms with Crippen molar-refractivity contribution < 1.29 is 4.79 Å². The third kappa shape index (κ3) is 2.87. The summed E-state index contributed by atoms with van der Waals surface area (Å²) < 4.78 is 0. The van der Waals surface area contributed by atoms with Gasteiger partial charge in [-0.2, -0.15) is 0 Å². The molecule has 17 heavy (non-hydrogen) atoms. The second-order valence-electron chi connectivity index (χ2n) is 3.73. The van der Waals surface area contributed by atoms with Gasteiger partial charge in [-0.15, -0.1) is 0 Å². The second-order valence-corrected chi connectivity index (χ2v) is 3.73. The van der Waals surface area contributed by atoms with Gasteiger partial charge in [0.2, 0.25) is 0 Å². The number of hydrogen-bond acceptors (Lipinski definition) is 3. The molecule has 2 aromatic rings. The standard InChI is InChI=1S/C13H13N3O/c1-10-2-5-15-9-12(10)13(17)16-8-11-3-6-14-7-4-11/h2-7,9H,8H2,1H3,(H,16,17). The van der Waals surface area contributed by atoms with Crippen molar-refractivity contribution >= 4 is 5.91 Å². The fourth-order valence-corrected chi connectivity index (χ4v) is 1.48. The van der Waals surface area contributed by atoms with E-state index in [0.29, 0.717) is 12.1 Å². The van der Waals surface area contributed by atoms with E-state index in [2.05, 4.69) is 15.3 Å². The van der Waals surface area contributed by atoms with Crippen LogP contribution in [-0.4, -0.2) is 15.9 Å². The fourth-order valence-electron chi connectivity index (χ4n) is 1.48. The number of pyridine rings is 2. The molecule has 0 spiro atoms. The van der Waals surface area contributed by atoms with Gasteiger partial charge in [-0.25, -0.2) is 0 Å². The van der Waals surface area contributed by atoms with Crippen molar-refractivity contribution in [1.82, 2.24) is 15.3 Å². The summed E-state index contributed by atoms with van der Waals surface area (Å²) in [6, 6.07) is 5.56. The Kier molecular flexibility index (Phi) is 3.45. The number of amides is 1. The van der Waals surface area contributed by atoms with E-state index in [-0.39, 0.29) is 5.91 Å². The molecule has 0 bridgehead atoms.